The van der Waals surface area contributed by atoms with Gasteiger partial charge in [-0.25, -0.2) is 0 Å². The third-order valence-electron chi connectivity index (χ3n) is 5.90. The summed E-state index contributed by atoms with van der Waals surface area (Å²) in [6, 6.07) is 17.8. The summed E-state index contributed by atoms with van der Waals surface area (Å²) >= 11 is 0. The second kappa shape index (κ2) is 8.14. The van der Waals surface area contributed by atoms with Gasteiger partial charge in [0.1, 0.15) is 0 Å². The van der Waals surface area contributed by atoms with Crippen molar-refractivity contribution in [2.45, 2.75) is 32.4 Å². The van der Waals surface area contributed by atoms with Gasteiger partial charge in [-0.15, -0.1) is 0 Å². The first-order chi connectivity index (χ1) is 14.7. The minimum absolute atomic E-state index is 0.00339. The van der Waals surface area contributed by atoms with E-state index in [1.54, 1.807) is 36.4 Å². The molecule has 0 amide bonds. The molecule has 31 heavy (non-hydrogen) atoms. The fourth-order valence-corrected chi connectivity index (χ4v) is 4.24. The maximum Gasteiger partial charge on any atom is 0.416 e. The molecule has 158 valence electrons. The highest BCUT2D eigenvalue weighted by molar-refractivity contribution is 6.02. The van der Waals surface area contributed by atoms with Crippen LogP contribution in [0.5, 0.6) is 0 Å². The Morgan fingerprint density at radius 2 is 1.65 bits per heavy atom. The third-order valence-corrected chi connectivity index (χ3v) is 5.90. The first kappa shape index (κ1) is 21.0. The number of carbonyl (C=O) groups excluding carboxylic acids is 2. The van der Waals surface area contributed by atoms with Gasteiger partial charge in [-0.2, -0.15) is 13.2 Å². The Hall–Kier alpha value is -3.21. The van der Waals surface area contributed by atoms with Gasteiger partial charge in [0.05, 0.1) is 5.56 Å². The number of hydrogen-bond acceptors (Lipinski definition) is 2. The van der Waals surface area contributed by atoms with Gasteiger partial charge in [0.25, 0.3) is 0 Å². The smallest absolute Gasteiger partial charge is 0.295 e. The highest BCUT2D eigenvalue weighted by atomic mass is 19.4. The molecule has 0 aliphatic heterocycles. The number of Topliss-reactive ketones (excluding diaryl/α,β-unsaturated/α-hetero) is 2. The van der Waals surface area contributed by atoms with E-state index < -0.39 is 11.7 Å². The molecule has 1 atom stereocenters. The van der Waals surface area contributed by atoms with Gasteiger partial charge in [-0.05, 0) is 60.6 Å². The molecule has 0 radical (unpaired) electrons. The van der Waals surface area contributed by atoms with Crippen LogP contribution in [0.1, 0.15) is 50.8 Å². The second-order valence-electron chi connectivity index (χ2n) is 7.97. The Labute approximate surface area is 178 Å². The minimum Gasteiger partial charge on any atom is -0.295 e. The van der Waals surface area contributed by atoms with Crippen LogP contribution in [0.2, 0.25) is 0 Å². The van der Waals surface area contributed by atoms with Gasteiger partial charge in [0.15, 0.2) is 11.6 Å². The van der Waals surface area contributed by atoms with Gasteiger partial charge in [-0.3, -0.25) is 9.59 Å². The van der Waals surface area contributed by atoms with Crippen LogP contribution in [-0.4, -0.2) is 11.6 Å². The Kier molecular flexibility index (Phi) is 5.52. The topological polar surface area (TPSA) is 34.1 Å². The molecule has 5 heteroatoms. The number of fused-ring (bicyclic) bond motifs is 1. The van der Waals surface area contributed by atoms with Crippen LogP contribution >= 0.6 is 0 Å². The lowest BCUT2D eigenvalue weighted by atomic mass is 9.77. The van der Waals surface area contributed by atoms with Crippen LogP contribution in [-0.2, 0) is 19.0 Å². The van der Waals surface area contributed by atoms with Crippen molar-refractivity contribution in [3.05, 3.63) is 94.5 Å². The summed E-state index contributed by atoms with van der Waals surface area (Å²) in [5.74, 6) is -0.172. The van der Waals surface area contributed by atoms with Crippen molar-refractivity contribution in [3.63, 3.8) is 0 Å². The molecule has 0 bridgehead atoms. The lowest BCUT2D eigenvalue weighted by molar-refractivity contribution is -0.137. The fourth-order valence-electron chi connectivity index (χ4n) is 4.24. The van der Waals surface area contributed by atoms with Crippen molar-refractivity contribution in [3.8, 4) is 11.1 Å². The lowest BCUT2D eigenvalue weighted by Crippen LogP contribution is -2.25. The Morgan fingerprint density at radius 3 is 2.32 bits per heavy atom. The quantitative estimate of drug-likeness (QED) is 0.446. The Morgan fingerprint density at radius 1 is 0.968 bits per heavy atom. The van der Waals surface area contributed by atoms with Gasteiger partial charge < -0.3 is 0 Å². The van der Waals surface area contributed by atoms with Crippen molar-refractivity contribution >= 4 is 11.6 Å². The fraction of sp³-hybridized carbons (Fsp3) is 0.231. The van der Waals surface area contributed by atoms with Crippen LogP contribution in [0.25, 0.3) is 11.1 Å². The van der Waals surface area contributed by atoms with E-state index in [1.165, 1.54) is 13.0 Å². The average Bonchev–Trinajstić information content (AvgIpc) is 2.75. The third kappa shape index (κ3) is 4.31. The predicted octanol–water partition coefficient (Wildman–Crippen LogP) is 6.56. The maximum absolute atomic E-state index is 13.2. The summed E-state index contributed by atoms with van der Waals surface area (Å²) in [5, 5.41) is 0. The molecule has 0 spiro atoms. The van der Waals surface area contributed by atoms with Crippen molar-refractivity contribution in [2.24, 2.45) is 5.92 Å². The molecule has 1 aliphatic rings. The molecule has 3 aromatic carbocycles. The van der Waals surface area contributed by atoms with E-state index in [4.69, 9.17) is 0 Å². The van der Waals surface area contributed by atoms with E-state index in [-0.39, 0.29) is 17.5 Å². The zero-order valence-corrected chi connectivity index (χ0v) is 17.0. The van der Waals surface area contributed by atoms with Crippen molar-refractivity contribution < 1.29 is 22.8 Å². The molecule has 0 fully saturated rings. The van der Waals surface area contributed by atoms with E-state index in [2.05, 4.69) is 0 Å². The maximum atomic E-state index is 13.2. The molecule has 3 aromatic rings. The summed E-state index contributed by atoms with van der Waals surface area (Å²) in [4.78, 5) is 24.6. The molecule has 0 saturated heterocycles. The lowest BCUT2D eigenvalue weighted by Gasteiger charge is -2.26. The number of rotatable bonds is 4. The molecule has 1 aliphatic carbocycles. The van der Waals surface area contributed by atoms with E-state index in [0.717, 1.165) is 23.3 Å². The van der Waals surface area contributed by atoms with E-state index in [1.807, 2.05) is 12.1 Å². The first-order valence-electron chi connectivity index (χ1n) is 10.2. The monoisotopic (exact) mass is 422 g/mol. The number of halogens is 3. The highest BCUT2D eigenvalue weighted by Gasteiger charge is 2.32. The van der Waals surface area contributed by atoms with Gasteiger partial charge in [-0.1, -0.05) is 54.6 Å². The molecule has 0 aromatic heterocycles. The standard InChI is InChI=1S/C26H21F3O2/c1-16(30)18-10-8-17(9-11-18)14-20-12-13-23-22(6-3-7-24(23)25(20)31)19-4-2-5-21(15-19)26(27,28)29/h2-11,15,20H,12-14H2,1H3. The van der Waals surface area contributed by atoms with E-state index in [9.17, 15) is 22.8 Å². The van der Waals surface area contributed by atoms with Crippen molar-refractivity contribution in [2.75, 3.05) is 0 Å². The minimum atomic E-state index is -4.41. The van der Waals surface area contributed by atoms with Crippen LogP contribution in [0.3, 0.4) is 0 Å². The number of alkyl halides is 3. The highest BCUT2D eigenvalue weighted by Crippen LogP contribution is 2.37. The molecular formula is C26H21F3O2. The largest absolute Gasteiger partial charge is 0.416 e. The van der Waals surface area contributed by atoms with Crippen LogP contribution < -0.4 is 0 Å². The average molecular weight is 422 g/mol. The van der Waals surface area contributed by atoms with Crippen molar-refractivity contribution in [1.29, 1.82) is 0 Å². The SMILES string of the molecule is CC(=O)c1ccc(CC2CCc3c(cccc3-c3cccc(C(F)(F)F)c3)C2=O)cc1. The summed E-state index contributed by atoms with van der Waals surface area (Å²) < 4.78 is 39.4. The summed E-state index contributed by atoms with van der Waals surface area (Å²) in [6.45, 7) is 1.51. The number of hydrogen-bond donors (Lipinski definition) is 0. The molecule has 4 rings (SSSR count). The number of ketones is 2. The molecule has 0 N–H and O–H groups in total. The van der Waals surface area contributed by atoms with Gasteiger partial charge in [0.2, 0.25) is 0 Å². The van der Waals surface area contributed by atoms with Crippen LogP contribution in [0, 0.1) is 5.92 Å². The molecule has 0 saturated carbocycles. The molecule has 2 nitrogen and oxygen atoms in total. The van der Waals surface area contributed by atoms with Crippen molar-refractivity contribution in [1.82, 2.24) is 0 Å². The molecular weight excluding hydrogens is 401 g/mol. The zero-order chi connectivity index (χ0) is 22.2. The van der Waals surface area contributed by atoms with Crippen LogP contribution in [0.4, 0.5) is 13.2 Å². The molecule has 1 unspecified atom stereocenters. The summed E-state index contributed by atoms with van der Waals surface area (Å²) in [5.41, 5.74) is 3.48. The van der Waals surface area contributed by atoms with Crippen LogP contribution in [0.15, 0.2) is 66.7 Å². The number of benzene rings is 3. The van der Waals surface area contributed by atoms with Gasteiger partial charge >= 0.3 is 6.18 Å². The first-order valence-corrected chi connectivity index (χ1v) is 10.2. The van der Waals surface area contributed by atoms with Gasteiger partial charge in [0, 0.05) is 17.0 Å². The molecule has 0 heterocycles. The summed E-state index contributed by atoms with van der Waals surface area (Å²) in [6.07, 6.45) is -2.58. The van der Waals surface area contributed by atoms with E-state index in [0.29, 0.717) is 41.5 Å². The Bertz CT molecular complexity index is 1140. The Balaban J connectivity index is 1.62. The number of carbonyl (C=O) groups is 2. The summed E-state index contributed by atoms with van der Waals surface area (Å²) in [7, 11) is 0. The predicted molar refractivity (Wildman–Crippen MR) is 113 cm³/mol. The normalized spacial score (nSPS) is 16.1. The second-order valence-corrected chi connectivity index (χ2v) is 7.97. The van der Waals surface area contributed by atoms with E-state index >= 15 is 0 Å². The zero-order valence-electron chi connectivity index (χ0n) is 17.0.